The number of carbonyl (C=O) groups is 1. The average molecular weight is 194 g/mol. The Balaban J connectivity index is 2.12. The molecule has 1 N–H and O–H groups in total. The predicted molar refractivity (Wildman–Crippen MR) is 48.5 cm³/mol. The van der Waals surface area contributed by atoms with E-state index in [1.807, 2.05) is 6.92 Å². The molecule has 1 aromatic rings. The summed E-state index contributed by atoms with van der Waals surface area (Å²) in [6.45, 7) is 1.89. The molecular formula is C10H10O4. The second-order valence-electron chi connectivity index (χ2n) is 3.17. The van der Waals surface area contributed by atoms with Crippen LogP contribution in [0.4, 0.5) is 0 Å². The molecule has 2 rings (SSSR count). The Morgan fingerprint density at radius 3 is 2.79 bits per heavy atom. The molecule has 0 spiro atoms. The second kappa shape index (κ2) is 3.31. The number of carbonyl (C=O) groups excluding carboxylic acids is 1. The molecule has 1 heterocycles. The lowest BCUT2D eigenvalue weighted by Gasteiger charge is -2.03. The maximum Gasteiger partial charge on any atom is 0.226 e. The lowest BCUT2D eigenvalue weighted by atomic mass is 10.2. The molecule has 0 bridgehead atoms. The number of aromatic hydroxyl groups is 1. The van der Waals surface area contributed by atoms with Crippen LogP contribution < -0.4 is 4.74 Å². The van der Waals surface area contributed by atoms with E-state index in [1.165, 1.54) is 12.1 Å². The molecule has 1 aliphatic rings. The van der Waals surface area contributed by atoms with Crippen molar-refractivity contribution in [1.29, 1.82) is 0 Å². The van der Waals surface area contributed by atoms with E-state index in [0.29, 0.717) is 12.0 Å². The zero-order valence-electron chi connectivity index (χ0n) is 7.64. The Hall–Kier alpha value is -1.55. The summed E-state index contributed by atoms with van der Waals surface area (Å²) >= 11 is 0. The van der Waals surface area contributed by atoms with Gasteiger partial charge in [-0.15, -0.1) is 0 Å². The van der Waals surface area contributed by atoms with Crippen LogP contribution >= 0.6 is 0 Å². The molecule has 1 aliphatic heterocycles. The first kappa shape index (κ1) is 9.02. The largest absolute Gasteiger partial charge is 0.507 e. The van der Waals surface area contributed by atoms with Gasteiger partial charge in [-0.05, 0) is 19.1 Å². The summed E-state index contributed by atoms with van der Waals surface area (Å²) in [4.78, 5) is 10.4. The summed E-state index contributed by atoms with van der Waals surface area (Å²) in [5.41, 5.74) is 0.252. The van der Waals surface area contributed by atoms with Crippen molar-refractivity contribution in [2.45, 2.75) is 19.3 Å². The third-order valence-electron chi connectivity index (χ3n) is 2.04. The molecule has 74 valence electrons. The Labute approximate surface area is 81.1 Å². The van der Waals surface area contributed by atoms with Gasteiger partial charge in [-0.25, -0.2) is 0 Å². The van der Waals surface area contributed by atoms with Gasteiger partial charge in [0.25, 0.3) is 0 Å². The van der Waals surface area contributed by atoms with Gasteiger partial charge in [0.1, 0.15) is 17.6 Å². The minimum absolute atomic E-state index is 0.0780. The number of ether oxygens (including phenoxy) is 2. The van der Waals surface area contributed by atoms with Crippen LogP contribution in [0.2, 0.25) is 0 Å². The Morgan fingerprint density at radius 2 is 2.29 bits per heavy atom. The molecule has 2 unspecified atom stereocenters. The highest BCUT2D eigenvalue weighted by Crippen LogP contribution is 2.28. The van der Waals surface area contributed by atoms with Crippen LogP contribution in [0.15, 0.2) is 18.2 Å². The second-order valence-corrected chi connectivity index (χ2v) is 3.17. The molecule has 1 saturated heterocycles. The molecule has 4 nitrogen and oxygen atoms in total. The average Bonchev–Trinajstić information content (AvgIpc) is 2.82. The van der Waals surface area contributed by atoms with Crippen molar-refractivity contribution in [1.82, 2.24) is 0 Å². The summed E-state index contributed by atoms with van der Waals surface area (Å²) < 4.78 is 10.4. The molecule has 14 heavy (non-hydrogen) atoms. The van der Waals surface area contributed by atoms with E-state index in [1.54, 1.807) is 6.07 Å². The van der Waals surface area contributed by atoms with Crippen LogP contribution in [0.5, 0.6) is 11.5 Å². The van der Waals surface area contributed by atoms with Crippen LogP contribution in [0, 0.1) is 0 Å². The van der Waals surface area contributed by atoms with Crippen molar-refractivity contribution >= 4 is 6.29 Å². The third kappa shape index (κ3) is 1.70. The van der Waals surface area contributed by atoms with E-state index in [-0.39, 0.29) is 23.7 Å². The molecule has 0 saturated carbocycles. The number of epoxide rings is 1. The highest BCUT2D eigenvalue weighted by molar-refractivity contribution is 5.79. The highest BCUT2D eigenvalue weighted by Gasteiger charge is 2.36. The quantitative estimate of drug-likeness (QED) is 0.582. The van der Waals surface area contributed by atoms with Gasteiger partial charge in [0.15, 0.2) is 6.29 Å². The summed E-state index contributed by atoms with van der Waals surface area (Å²) in [5.74, 6) is 0.424. The summed E-state index contributed by atoms with van der Waals surface area (Å²) in [7, 11) is 0. The van der Waals surface area contributed by atoms with Crippen molar-refractivity contribution in [3.8, 4) is 11.5 Å². The molecule has 0 aliphatic carbocycles. The van der Waals surface area contributed by atoms with Crippen molar-refractivity contribution in [3.63, 3.8) is 0 Å². The SMILES string of the molecule is CC1OC1Oc1ccc(C=O)c(O)c1. The van der Waals surface area contributed by atoms with Crippen LogP contribution in [0.3, 0.4) is 0 Å². The lowest BCUT2D eigenvalue weighted by Crippen LogP contribution is -2.00. The van der Waals surface area contributed by atoms with Gasteiger partial charge in [0.2, 0.25) is 6.29 Å². The zero-order chi connectivity index (χ0) is 10.1. The Bertz CT molecular complexity index is 361. The first-order chi connectivity index (χ1) is 6.70. The number of benzene rings is 1. The standard InChI is InChI=1S/C10H10O4/c1-6-10(13-6)14-8-3-2-7(5-11)9(12)4-8/h2-6,10,12H,1H3. The topological polar surface area (TPSA) is 59.1 Å². The number of hydrogen-bond acceptors (Lipinski definition) is 4. The van der Waals surface area contributed by atoms with Gasteiger partial charge in [-0.3, -0.25) is 4.79 Å². The molecule has 4 heteroatoms. The monoisotopic (exact) mass is 194 g/mol. The highest BCUT2D eigenvalue weighted by atomic mass is 16.8. The number of phenolic OH excluding ortho intramolecular Hbond substituents is 1. The number of hydrogen-bond donors (Lipinski definition) is 1. The fourth-order valence-corrected chi connectivity index (χ4v) is 1.12. The summed E-state index contributed by atoms with van der Waals surface area (Å²) in [6.07, 6.45) is 0.467. The number of phenols is 1. The van der Waals surface area contributed by atoms with E-state index >= 15 is 0 Å². The first-order valence-corrected chi connectivity index (χ1v) is 4.31. The number of aldehydes is 1. The van der Waals surface area contributed by atoms with E-state index in [4.69, 9.17) is 9.47 Å². The fraction of sp³-hybridized carbons (Fsp3) is 0.300. The molecular weight excluding hydrogens is 184 g/mol. The summed E-state index contributed by atoms with van der Waals surface area (Å²) in [5, 5.41) is 9.34. The van der Waals surface area contributed by atoms with E-state index in [9.17, 15) is 9.90 Å². The third-order valence-corrected chi connectivity index (χ3v) is 2.04. The van der Waals surface area contributed by atoms with Gasteiger partial charge in [-0.1, -0.05) is 0 Å². The van der Waals surface area contributed by atoms with Crippen LogP contribution in [0.1, 0.15) is 17.3 Å². The van der Waals surface area contributed by atoms with Crippen LogP contribution in [0.25, 0.3) is 0 Å². The zero-order valence-corrected chi connectivity index (χ0v) is 7.64. The molecule has 1 fully saturated rings. The van der Waals surface area contributed by atoms with E-state index in [2.05, 4.69) is 0 Å². The van der Waals surface area contributed by atoms with Gasteiger partial charge >= 0.3 is 0 Å². The van der Waals surface area contributed by atoms with Crippen molar-refractivity contribution in [3.05, 3.63) is 23.8 Å². The minimum Gasteiger partial charge on any atom is -0.507 e. The Kier molecular flexibility index (Phi) is 2.13. The Morgan fingerprint density at radius 1 is 1.57 bits per heavy atom. The van der Waals surface area contributed by atoms with Gasteiger partial charge in [0, 0.05) is 6.07 Å². The van der Waals surface area contributed by atoms with Gasteiger partial charge in [0.05, 0.1) is 5.56 Å². The van der Waals surface area contributed by atoms with E-state index in [0.717, 1.165) is 0 Å². The molecule has 1 aromatic carbocycles. The number of rotatable bonds is 3. The van der Waals surface area contributed by atoms with Gasteiger partial charge in [-0.2, -0.15) is 0 Å². The smallest absolute Gasteiger partial charge is 0.226 e. The molecule has 0 amide bonds. The normalized spacial score (nSPS) is 24.4. The van der Waals surface area contributed by atoms with E-state index < -0.39 is 0 Å². The molecule has 0 aromatic heterocycles. The van der Waals surface area contributed by atoms with Crippen molar-refractivity contribution < 1.29 is 19.4 Å². The maximum absolute atomic E-state index is 10.4. The predicted octanol–water partition coefficient (Wildman–Crippen LogP) is 1.33. The fourth-order valence-electron chi connectivity index (χ4n) is 1.12. The molecule has 0 radical (unpaired) electrons. The van der Waals surface area contributed by atoms with Crippen LogP contribution in [-0.4, -0.2) is 23.8 Å². The summed E-state index contributed by atoms with van der Waals surface area (Å²) in [6, 6.07) is 4.53. The minimum atomic E-state index is -0.225. The van der Waals surface area contributed by atoms with Crippen molar-refractivity contribution in [2.75, 3.05) is 0 Å². The first-order valence-electron chi connectivity index (χ1n) is 4.31. The van der Waals surface area contributed by atoms with Crippen molar-refractivity contribution in [2.24, 2.45) is 0 Å². The maximum atomic E-state index is 10.4. The van der Waals surface area contributed by atoms with Gasteiger partial charge < -0.3 is 14.6 Å². The molecule has 2 atom stereocenters. The lowest BCUT2D eigenvalue weighted by molar-refractivity contribution is 0.112. The van der Waals surface area contributed by atoms with Crippen LogP contribution in [-0.2, 0) is 4.74 Å².